The maximum atomic E-state index is 14.2. The Labute approximate surface area is 381 Å². The Bertz CT molecular complexity index is 1880. The first-order valence-electron chi connectivity index (χ1n) is 24.0. The van der Waals surface area contributed by atoms with Crippen LogP contribution in [0.25, 0.3) is 0 Å². The molecule has 2 N–H and O–H groups in total. The van der Waals surface area contributed by atoms with Crippen molar-refractivity contribution in [2.75, 3.05) is 33.5 Å². The molecule has 5 rings (SSSR count). The molecule has 2 aliphatic carbocycles. The van der Waals surface area contributed by atoms with Crippen LogP contribution in [0.2, 0.25) is 0 Å². The van der Waals surface area contributed by atoms with Gasteiger partial charge in [-0.3, -0.25) is 10.1 Å². The number of nitro groups is 1. The van der Waals surface area contributed by atoms with Crippen molar-refractivity contribution < 1.29 is 43.7 Å². The quantitative estimate of drug-likeness (QED) is 0.0382. The molecule has 6 atom stereocenters. The Morgan fingerprint density at radius 2 is 1.62 bits per heavy atom. The normalized spacial score (nSPS) is 23.0. The number of carbonyl (C=O) groups is 1. The molecule has 1 saturated carbocycles. The largest absolute Gasteiger partial charge is 0.459 e. The molecule has 1 fully saturated rings. The number of non-ortho nitro benzene ring substituents is 1. The van der Waals surface area contributed by atoms with Crippen LogP contribution in [0.15, 0.2) is 71.9 Å². The van der Waals surface area contributed by atoms with Crippen LogP contribution in [-0.2, 0) is 14.3 Å². The first-order chi connectivity index (χ1) is 30.9. The van der Waals surface area contributed by atoms with Gasteiger partial charge >= 0.3 is 6.09 Å². The highest BCUT2D eigenvalue weighted by Gasteiger charge is 2.65. The summed E-state index contributed by atoms with van der Waals surface area (Å²) >= 11 is 0. The average molecular weight is 890 g/mol. The number of carbonyl (C=O) groups excluding carboxylic acids is 1. The van der Waals surface area contributed by atoms with Gasteiger partial charge in [0.25, 0.3) is 5.69 Å². The molecule has 2 aromatic rings. The molecular formula is C51H75N3O10. The van der Waals surface area contributed by atoms with Gasteiger partial charge in [-0.25, -0.2) is 4.79 Å². The number of ether oxygens (including phenoxy) is 4. The van der Waals surface area contributed by atoms with Gasteiger partial charge in [-0.1, -0.05) is 101 Å². The molecule has 1 amide bonds. The number of hydrogen-bond donors (Lipinski definition) is 2. The van der Waals surface area contributed by atoms with E-state index < -0.39 is 34.4 Å². The van der Waals surface area contributed by atoms with Gasteiger partial charge in [-0.2, -0.15) is 0 Å². The molecule has 6 unspecified atom stereocenters. The monoisotopic (exact) mass is 890 g/mol. The summed E-state index contributed by atoms with van der Waals surface area (Å²) in [7, 11) is 1.74. The van der Waals surface area contributed by atoms with Crippen molar-refractivity contribution in [2.24, 2.45) is 22.9 Å². The predicted molar refractivity (Wildman–Crippen MR) is 250 cm³/mol. The van der Waals surface area contributed by atoms with Gasteiger partial charge in [0.05, 0.1) is 35.8 Å². The Morgan fingerprint density at radius 1 is 0.953 bits per heavy atom. The second kappa shape index (κ2) is 24.7. The lowest BCUT2D eigenvalue weighted by Gasteiger charge is -2.59. The first kappa shape index (κ1) is 50.5. The molecule has 0 aromatic heterocycles. The first-order valence-corrected chi connectivity index (χ1v) is 24.0. The number of rotatable bonds is 27. The van der Waals surface area contributed by atoms with E-state index in [9.17, 15) is 25.1 Å². The summed E-state index contributed by atoms with van der Waals surface area (Å²) in [4.78, 5) is 33.2. The van der Waals surface area contributed by atoms with Crippen LogP contribution >= 0.6 is 0 Å². The Kier molecular flexibility index (Phi) is 19.5. The molecule has 354 valence electrons. The van der Waals surface area contributed by atoms with Crippen molar-refractivity contribution in [1.29, 1.82) is 0 Å². The topological polar surface area (TPSA) is 162 Å². The van der Waals surface area contributed by atoms with Gasteiger partial charge < -0.3 is 38.9 Å². The number of fused-ring (bicyclic) bond motifs is 2. The van der Waals surface area contributed by atoms with Gasteiger partial charge in [0.1, 0.15) is 28.9 Å². The number of likely N-dealkylation sites (N-methyl/N-ethyl adjacent to an activating group) is 1. The highest BCUT2D eigenvalue weighted by Crippen LogP contribution is 2.62. The number of nitro benzene ring substituents is 1. The second-order valence-electron chi connectivity index (χ2n) is 18.7. The molecule has 3 aliphatic rings. The third-order valence-electron chi connectivity index (χ3n) is 12.8. The van der Waals surface area contributed by atoms with Crippen molar-refractivity contribution >= 4 is 17.5 Å². The summed E-state index contributed by atoms with van der Waals surface area (Å²) in [5, 5.41) is 36.3. The van der Waals surface area contributed by atoms with E-state index in [2.05, 4.69) is 19.6 Å². The SMILES string of the molecule is C=CCOC12Oc3ccc(Oc4cccc([N+](=O)[O-])c4)cc3C3C(CCCCO)C(CCCCO)C=C(C(=NOC(C)(C)C)CC1N(C)C(=O)OCCCCCCCCCCCC)C32. The third-order valence-corrected chi connectivity index (χ3v) is 12.8. The van der Waals surface area contributed by atoms with Crippen LogP contribution in [-0.4, -0.2) is 82.7 Å². The number of amides is 1. The molecule has 0 saturated heterocycles. The summed E-state index contributed by atoms with van der Waals surface area (Å²) in [6.07, 6.45) is 20.0. The number of aliphatic hydroxyl groups is 2. The minimum Gasteiger partial charge on any atom is -0.459 e. The standard InChI is InChI=1S/C51H75N3O10/c1-7-9-10-11-12-13-14-15-16-21-32-60-49(57)53(6)46-36-44(52-64-50(3,4)5)42-33-37(23-17-19-29-55)41(26-18-20-30-56)47-43-35-40(62-39-25-22-24-38(34-39)54(58)59)27-28-45(43)63-51(46,48(42)47)61-31-8-2/h8,22,24-25,27-28,33-35,37,41,46-48,55-56H,2,7,9-21,23,26,29-32,36H2,1,3-6H3. The molecule has 1 heterocycles. The van der Waals surface area contributed by atoms with Gasteiger partial charge in [0.2, 0.25) is 5.79 Å². The molecule has 13 heteroatoms. The Hall–Kier alpha value is -4.46. The summed E-state index contributed by atoms with van der Waals surface area (Å²) in [6, 6.07) is 11.0. The zero-order valence-corrected chi connectivity index (χ0v) is 39.1. The number of benzene rings is 2. The van der Waals surface area contributed by atoms with E-state index in [-0.39, 0.29) is 49.7 Å². The minimum atomic E-state index is -1.42. The van der Waals surface area contributed by atoms with Gasteiger partial charge in [0, 0.05) is 44.2 Å². The lowest BCUT2D eigenvalue weighted by molar-refractivity contribution is -0.384. The van der Waals surface area contributed by atoms with Crippen LogP contribution in [0.4, 0.5) is 10.5 Å². The zero-order chi connectivity index (χ0) is 46.1. The van der Waals surface area contributed by atoms with E-state index in [1.165, 1.54) is 57.1 Å². The fourth-order valence-electron chi connectivity index (χ4n) is 9.76. The van der Waals surface area contributed by atoms with Crippen molar-refractivity contribution in [1.82, 2.24) is 4.90 Å². The molecule has 0 bridgehead atoms. The molecule has 1 aliphatic heterocycles. The lowest BCUT2D eigenvalue weighted by Crippen LogP contribution is -2.69. The molecule has 64 heavy (non-hydrogen) atoms. The van der Waals surface area contributed by atoms with Gasteiger partial charge in [0.15, 0.2) is 0 Å². The van der Waals surface area contributed by atoms with E-state index >= 15 is 0 Å². The molecule has 13 nitrogen and oxygen atoms in total. The number of unbranched alkanes of at least 4 members (excludes halogenated alkanes) is 11. The van der Waals surface area contributed by atoms with Gasteiger partial charge in [-0.05, 0) is 94.5 Å². The highest BCUT2D eigenvalue weighted by molar-refractivity contribution is 6.03. The van der Waals surface area contributed by atoms with E-state index in [4.69, 9.17) is 28.9 Å². The minimum absolute atomic E-state index is 0.0125. The van der Waals surface area contributed by atoms with Crippen LogP contribution < -0.4 is 9.47 Å². The average Bonchev–Trinajstić information content (AvgIpc) is 3.27. The summed E-state index contributed by atoms with van der Waals surface area (Å²) in [6.45, 7) is 12.7. The summed E-state index contributed by atoms with van der Waals surface area (Å²) < 4.78 is 26.5. The van der Waals surface area contributed by atoms with E-state index in [1.807, 2.05) is 32.9 Å². The van der Waals surface area contributed by atoms with Crippen LogP contribution in [0, 0.1) is 27.9 Å². The molecule has 0 spiro atoms. The lowest BCUT2D eigenvalue weighted by atomic mass is 9.55. The van der Waals surface area contributed by atoms with Crippen LogP contribution in [0.5, 0.6) is 17.2 Å². The maximum Gasteiger partial charge on any atom is 0.409 e. The van der Waals surface area contributed by atoms with Gasteiger partial charge in [-0.15, -0.1) is 6.58 Å². The number of nitrogens with zero attached hydrogens (tertiary/aromatic N) is 3. The zero-order valence-electron chi connectivity index (χ0n) is 39.1. The van der Waals surface area contributed by atoms with E-state index in [0.29, 0.717) is 42.4 Å². The fraction of sp³-hybridized carbons (Fsp3) is 0.647. The van der Waals surface area contributed by atoms with E-state index in [1.54, 1.807) is 36.2 Å². The Morgan fingerprint density at radius 3 is 2.28 bits per heavy atom. The number of hydrogen-bond acceptors (Lipinski definition) is 11. The van der Waals surface area contributed by atoms with Crippen LogP contribution in [0.1, 0.15) is 148 Å². The number of allylic oxidation sites excluding steroid dienone is 1. The van der Waals surface area contributed by atoms with Crippen molar-refractivity contribution in [2.45, 2.75) is 160 Å². The third kappa shape index (κ3) is 13.3. The number of oxime groups is 1. The maximum absolute atomic E-state index is 14.2. The predicted octanol–water partition coefficient (Wildman–Crippen LogP) is 11.8. The molecule has 2 aromatic carbocycles. The van der Waals surface area contributed by atoms with E-state index in [0.717, 1.165) is 56.1 Å². The van der Waals surface area contributed by atoms with Crippen molar-refractivity contribution in [3.8, 4) is 17.2 Å². The van der Waals surface area contributed by atoms with Crippen molar-refractivity contribution in [3.63, 3.8) is 0 Å². The second-order valence-corrected chi connectivity index (χ2v) is 18.7. The number of aliphatic hydroxyl groups excluding tert-OH is 2. The fourth-order valence-corrected chi connectivity index (χ4v) is 9.76. The highest BCUT2D eigenvalue weighted by atomic mass is 16.7. The summed E-state index contributed by atoms with van der Waals surface area (Å²) in [5.41, 5.74) is 1.81. The molecule has 0 radical (unpaired) electrons. The Balaban J connectivity index is 1.57. The van der Waals surface area contributed by atoms with Crippen LogP contribution in [0.3, 0.4) is 0 Å². The smallest absolute Gasteiger partial charge is 0.409 e. The van der Waals surface area contributed by atoms with Crippen molar-refractivity contribution in [3.05, 3.63) is 82.4 Å². The summed E-state index contributed by atoms with van der Waals surface area (Å²) in [5.74, 6) is -0.749. The molecular weight excluding hydrogens is 815 g/mol.